The standard InChI is InChI=1S/C22H39N3O.2ClH/c1-16-7-10-24(11-8-16)14-17-4-3-9-25(15-17)22(26)20-12-18-5-2-6-19(13-20)21(18)23;;/h16-21H,2-15,23H2,1H3;2*1H. The van der Waals surface area contributed by atoms with Crippen LogP contribution in [0.2, 0.25) is 0 Å². The second-order valence-electron chi connectivity index (χ2n) is 9.97. The summed E-state index contributed by atoms with van der Waals surface area (Å²) in [5, 5.41) is 0. The number of piperidine rings is 2. The second kappa shape index (κ2) is 10.8. The summed E-state index contributed by atoms with van der Waals surface area (Å²) < 4.78 is 0. The quantitative estimate of drug-likeness (QED) is 0.732. The first-order valence-corrected chi connectivity index (χ1v) is 11.4. The van der Waals surface area contributed by atoms with E-state index in [1.807, 2.05) is 0 Å². The van der Waals surface area contributed by atoms with E-state index in [0.717, 1.165) is 31.8 Å². The number of halogens is 2. The van der Waals surface area contributed by atoms with Crippen molar-refractivity contribution < 1.29 is 4.79 Å². The minimum Gasteiger partial charge on any atom is -0.342 e. The molecule has 0 aromatic rings. The second-order valence-corrected chi connectivity index (χ2v) is 9.97. The minimum absolute atomic E-state index is 0. The van der Waals surface area contributed by atoms with Crippen LogP contribution in [0.3, 0.4) is 0 Å². The average Bonchev–Trinajstić information content (AvgIpc) is 2.63. The van der Waals surface area contributed by atoms with Crippen molar-refractivity contribution in [3.8, 4) is 0 Å². The molecule has 1 amide bonds. The summed E-state index contributed by atoms with van der Waals surface area (Å²) in [5.74, 6) is 3.52. The third kappa shape index (κ3) is 5.56. The van der Waals surface area contributed by atoms with Gasteiger partial charge in [-0.05, 0) is 88.1 Å². The molecule has 2 heterocycles. The molecular weight excluding hydrogens is 393 g/mol. The number of amides is 1. The van der Waals surface area contributed by atoms with Gasteiger partial charge in [0.2, 0.25) is 5.91 Å². The number of hydrogen-bond donors (Lipinski definition) is 1. The molecule has 0 radical (unpaired) electrons. The number of carbonyl (C=O) groups excluding carboxylic acids is 1. The number of nitrogens with zero attached hydrogens (tertiary/aromatic N) is 2. The van der Waals surface area contributed by atoms with Gasteiger partial charge in [-0.3, -0.25) is 4.79 Å². The molecule has 4 rings (SSSR count). The highest BCUT2D eigenvalue weighted by Gasteiger charge is 2.42. The molecule has 2 saturated heterocycles. The number of likely N-dealkylation sites (tertiary alicyclic amines) is 2. The van der Waals surface area contributed by atoms with E-state index in [1.165, 1.54) is 64.6 Å². The lowest BCUT2D eigenvalue weighted by atomic mass is 9.65. The summed E-state index contributed by atoms with van der Waals surface area (Å²) in [4.78, 5) is 18.1. The van der Waals surface area contributed by atoms with Gasteiger partial charge in [-0.25, -0.2) is 0 Å². The SMILES string of the molecule is CC1CCN(CC2CCCN(C(=O)C3CC4CCCC(C3)C4N)C2)CC1.Cl.Cl. The van der Waals surface area contributed by atoms with Crippen LogP contribution < -0.4 is 5.73 Å². The smallest absolute Gasteiger partial charge is 0.225 e. The van der Waals surface area contributed by atoms with Crippen LogP contribution in [0, 0.1) is 29.6 Å². The van der Waals surface area contributed by atoms with E-state index >= 15 is 0 Å². The Balaban J connectivity index is 0.00000140. The maximum absolute atomic E-state index is 13.2. The Morgan fingerprint density at radius 3 is 2.21 bits per heavy atom. The van der Waals surface area contributed by atoms with Crippen LogP contribution >= 0.6 is 24.8 Å². The van der Waals surface area contributed by atoms with Gasteiger partial charge in [0.25, 0.3) is 0 Å². The Hall–Kier alpha value is -0.0300. The molecule has 3 atom stereocenters. The Morgan fingerprint density at radius 2 is 1.57 bits per heavy atom. The number of rotatable bonds is 3. The number of nitrogens with two attached hydrogens (primary N) is 1. The van der Waals surface area contributed by atoms with Crippen molar-refractivity contribution in [3.63, 3.8) is 0 Å². The fourth-order valence-corrected chi connectivity index (χ4v) is 6.27. The first-order valence-electron chi connectivity index (χ1n) is 11.4. The molecule has 6 heteroatoms. The van der Waals surface area contributed by atoms with Gasteiger partial charge in [0.05, 0.1) is 0 Å². The van der Waals surface area contributed by atoms with Crippen molar-refractivity contribution in [1.29, 1.82) is 0 Å². The fraction of sp³-hybridized carbons (Fsp3) is 0.955. The monoisotopic (exact) mass is 433 g/mol. The van der Waals surface area contributed by atoms with Crippen LogP contribution in [0.4, 0.5) is 0 Å². The third-order valence-corrected chi connectivity index (χ3v) is 7.99. The van der Waals surface area contributed by atoms with Gasteiger partial charge in [0, 0.05) is 31.6 Å². The zero-order valence-corrected chi connectivity index (χ0v) is 19.2. The summed E-state index contributed by atoms with van der Waals surface area (Å²) in [6.07, 6.45) is 11.1. The molecule has 2 N–H and O–H groups in total. The largest absolute Gasteiger partial charge is 0.342 e. The summed E-state index contributed by atoms with van der Waals surface area (Å²) in [7, 11) is 0. The predicted molar refractivity (Wildman–Crippen MR) is 120 cm³/mol. The molecule has 28 heavy (non-hydrogen) atoms. The highest BCUT2D eigenvalue weighted by atomic mass is 35.5. The van der Waals surface area contributed by atoms with E-state index in [-0.39, 0.29) is 30.7 Å². The van der Waals surface area contributed by atoms with Gasteiger partial charge in [-0.2, -0.15) is 0 Å². The zero-order valence-electron chi connectivity index (χ0n) is 17.6. The lowest BCUT2D eigenvalue weighted by Gasteiger charge is -2.45. The molecule has 4 fully saturated rings. The van der Waals surface area contributed by atoms with E-state index in [1.54, 1.807) is 0 Å². The van der Waals surface area contributed by atoms with Crippen LogP contribution in [-0.4, -0.2) is 54.5 Å². The van der Waals surface area contributed by atoms with Gasteiger partial charge in [0.1, 0.15) is 0 Å². The highest BCUT2D eigenvalue weighted by molar-refractivity contribution is 5.85. The van der Waals surface area contributed by atoms with Crippen molar-refractivity contribution in [2.75, 3.05) is 32.7 Å². The Labute approximate surface area is 184 Å². The zero-order chi connectivity index (χ0) is 18.1. The van der Waals surface area contributed by atoms with Gasteiger partial charge >= 0.3 is 0 Å². The average molecular weight is 434 g/mol. The Bertz CT molecular complexity index is 484. The van der Waals surface area contributed by atoms with Gasteiger partial charge in [-0.15, -0.1) is 24.8 Å². The minimum atomic E-state index is 0. The van der Waals surface area contributed by atoms with E-state index in [0.29, 0.717) is 29.7 Å². The maximum atomic E-state index is 13.2. The molecule has 2 saturated carbocycles. The Kier molecular flexibility index (Phi) is 9.38. The topological polar surface area (TPSA) is 49.6 Å². The molecule has 2 bridgehead atoms. The van der Waals surface area contributed by atoms with Crippen molar-refractivity contribution in [2.24, 2.45) is 35.3 Å². The third-order valence-electron chi connectivity index (χ3n) is 7.99. The molecule has 2 aliphatic carbocycles. The van der Waals surface area contributed by atoms with E-state index in [2.05, 4.69) is 16.7 Å². The number of fused-ring (bicyclic) bond motifs is 2. The van der Waals surface area contributed by atoms with Crippen LogP contribution in [0.1, 0.15) is 64.7 Å². The Morgan fingerprint density at radius 1 is 0.929 bits per heavy atom. The van der Waals surface area contributed by atoms with Crippen LogP contribution in [0.25, 0.3) is 0 Å². The molecule has 0 spiro atoms. The first kappa shape index (κ1) is 24.2. The molecule has 0 aromatic heterocycles. The lowest BCUT2D eigenvalue weighted by Crippen LogP contribution is -2.51. The van der Waals surface area contributed by atoms with Crippen molar-refractivity contribution in [2.45, 2.75) is 70.8 Å². The molecular formula is C22H41Cl2N3O. The lowest BCUT2D eigenvalue weighted by molar-refractivity contribution is -0.140. The molecule has 0 aromatic carbocycles. The molecule has 4 nitrogen and oxygen atoms in total. The van der Waals surface area contributed by atoms with Gasteiger partial charge in [0.15, 0.2) is 0 Å². The molecule has 164 valence electrons. The normalized spacial score (nSPS) is 36.9. The maximum Gasteiger partial charge on any atom is 0.225 e. The number of carbonyl (C=O) groups is 1. The predicted octanol–water partition coefficient (Wildman–Crippen LogP) is 3.95. The fourth-order valence-electron chi connectivity index (χ4n) is 6.27. The summed E-state index contributed by atoms with van der Waals surface area (Å²) in [6, 6.07) is 0.364. The van der Waals surface area contributed by atoms with Gasteiger partial charge in [-0.1, -0.05) is 13.3 Å². The summed E-state index contributed by atoms with van der Waals surface area (Å²) >= 11 is 0. The van der Waals surface area contributed by atoms with E-state index < -0.39 is 0 Å². The highest BCUT2D eigenvalue weighted by Crippen LogP contribution is 2.42. The van der Waals surface area contributed by atoms with E-state index in [4.69, 9.17) is 5.73 Å². The van der Waals surface area contributed by atoms with Crippen LogP contribution in [0.15, 0.2) is 0 Å². The van der Waals surface area contributed by atoms with Crippen molar-refractivity contribution >= 4 is 30.7 Å². The number of hydrogen-bond acceptors (Lipinski definition) is 3. The summed E-state index contributed by atoms with van der Waals surface area (Å²) in [5.41, 5.74) is 6.43. The molecule has 4 aliphatic rings. The van der Waals surface area contributed by atoms with Crippen LogP contribution in [-0.2, 0) is 4.79 Å². The first-order chi connectivity index (χ1) is 12.6. The van der Waals surface area contributed by atoms with Gasteiger partial charge < -0.3 is 15.5 Å². The van der Waals surface area contributed by atoms with Crippen molar-refractivity contribution in [1.82, 2.24) is 9.80 Å². The van der Waals surface area contributed by atoms with Crippen molar-refractivity contribution in [3.05, 3.63) is 0 Å². The van der Waals surface area contributed by atoms with E-state index in [9.17, 15) is 4.79 Å². The summed E-state index contributed by atoms with van der Waals surface area (Å²) in [6.45, 7) is 8.10. The molecule has 2 aliphatic heterocycles. The van der Waals surface area contributed by atoms with Crippen LogP contribution in [0.5, 0.6) is 0 Å². The molecule has 3 unspecified atom stereocenters.